The molecule has 0 aromatic rings. The second-order valence-electron chi connectivity index (χ2n) is 5.01. The summed E-state index contributed by atoms with van der Waals surface area (Å²) in [5.74, 6) is 0.958. The van der Waals surface area contributed by atoms with Gasteiger partial charge in [0.2, 0.25) is 5.91 Å². The molecule has 0 radical (unpaired) electrons. The fourth-order valence-electron chi connectivity index (χ4n) is 2.28. The highest BCUT2D eigenvalue weighted by atomic mass is 35.5. The first-order valence-corrected chi connectivity index (χ1v) is 6.31. The Bertz CT molecular complexity index is 247. The molecule has 4 nitrogen and oxygen atoms in total. The largest absolute Gasteiger partial charge is 0.381 e. The lowest BCUT2D eigenvalue weighted by atomic mass is 10.2. The van der Waals surface area contributed by atoms with Gasteiger partial charge in [0, 0.05) is 13.2 Å². The van der Waals surface area contributed by atoms with Crippen LogP contribution in [0.1, 0.15) is 32.1 Å². The molecule has 0 aliphatic heterocycles. The number of methoxy groups -OCH3 is 1. The minimum Gasteiger partial charge on any atom is -0.381 e. The van der Waals surface area contributed by atoms with Crippen LogP contribution in [-0.4, -0.2) is 38.3 Å². The Morgan fingerprint density at radius 3 is 2.65 bits per heavy atom. The molecular weight excluding hydrogens is 240 g/mol. The van der Waals surface area contributed by atoms with E-state index in [9.17, 15) is 4.79 Å². The van der Waals surface area contributed by atoms with Crippen LogP contribution in [0.25, 0.3) is 0 Å². The van der Waals surface area contributed by atoms with E-state index in [1.807, 2.05) is 0 Å². The highest BCUT2D eigenvalue weighted by Crippen LogP contribution is 2.27. The van der Waals surface area contributed by atoms with E-state index < -0.39 is 0 Å². The van der Waals surface area contributed by atoms with Crippen LogP contribution < -0.4 is 10.6 Å². The summed E-state index contributed by atoms with van der Waals surface area (Å²) in [5, 5.41) is 6.26. The second-order valence-corrected chi connectivity index (χ2v) is 5.01. The van der Waals surface area contributed by atoms with Crippen LogP contribution >= 0.6 is 12.4 Å². The van der Waals surface area contributed by atoms with Crippen LogP contribution in [-0.2, 0) is 9.53 Å². The van der Waals surface area contributed by atoms with Crippen molar-refractivity contribution >= 4 is 18.3 Å². The number of halogens is 1. The quantitative estimate of drug-likeness (QED) is 0.754. The lowest BCUT2D eigenvalue weighted by Gasteiger charge is -2.13. The molecule has 0 saturated heterocycles. The molecule has 2 saturated carbocycles. The van der Waals surface area contributed by atoms with Crippen molar-refractivity contribution in [3.05, 3.63) is 0 Å². The second kappa shape index (κ2) is 7.19. The number of amides is 1. The molecular formula is C12H23ClN2O2. The number of hydrogen-bond acceptors (Lipinski definition) is 3. The fraction of sp³-hybridized carbons (Fsp3) is 0.917. The van der Waals surface area contributed by atoms with Gasteiger partial charge in [0.1, 0.15) is 0 Å². The molecule has 0 bridgehead atoms. The summed E-state index contributed by atoms with van der Waals surface area (Å²) in [6.45, 7) is 1.46. The first kappa shape index (κ1) is 14.7. The van der Waals surface area contributed by atoms with Gasteiger partial charge in [-0.3, -0.25) is 4.79 Å². The van der Waals surface area contributed by atoms with Crippen molar-refractivity contribution in [1.82, 2.24) is 10.6 Å². The molecule has 0 aromatic carbocycles. The van der Waals surface area contributed by atoms with E-state index in [4.69, 9.17) is 4.74 Å². The van der Waals surface area contributed by atoms with Crippen LogP contribution in [0.15, 0.2) is 0 Å². The number of nitrogens with one attached hydrogen (secondary N) is 2. The van der Waals surface area contributed by atoms with E-state index in [1.165, 1.54) is 12.8 Å². The molecule has 2 rings (SSSR count). The van der Waals surface area contributed by atoms with Crippen LogP contribution in [0.4, 0.5) is 0 Å². The van der Waals surface area contributed by atoms with Crippen molar-refractivity contribution in [2.45, 2.75) is 44.2 Å². The Hall–Kier alpha value is -0.320. The molecule has 100 valence electrons. The summed E-state index contributed by atoms with van der Waals surface area (Å²) >= 11 is 0. The van der Waals surface area contributed by atoms with Gasteiger partial charge in [0.15, 0.2) is 0 Å². The van der Waals surface area contributed by atoms with E-state index in [0.717, 1.165) is 31.7 Å². The lowest BCUT2D eigenvalue weighted by molar-refractivity contribution is -0.120. The van der Waals surface area contributed by atoms with Gasteiger partial charge in [0.05, 0.1) is 12.6 Å². The maximum absolute atomic E-state index is 11.6. The number of ether oxygens (including phenoxy) is 1. The van der Waals surface area contributed by atoms with Crippen LogP contribution in [0, 0.1) is 5.92 Å². The zero-order chi connectivity index (χ0) is 11.4. The molecule has 0 spiro atoms. The number of rotatable bonds is 6. The molecule has 1 amide bonds. The Morgan fingerprint density at radius 2 is 2.06 bits per heavy atom. The van der Waals surface area contributed by atoms with Crippen LogP contribution in [0.2, 0.25) is 0 Å². The summed E-state index contributed by atoms with van der Waals surface area (Å²) in [6.07, 6.45) is 6.07. The Morgan fingerprint density at radius 1 is 1.29 bits per heavy atom. The molecule has 2 fully saturated rings. The number of hydrogen-bond donors (Lipinski definition) is 2. The minimum absolute atomic E-state index is 0. The maximum atomic E-state index is 11.6. The third kappa shape index (κ3) is 5.23. The summed E-state index contributed by atoms with van der Waals surface area (Å²) < 4.78 is 5.28. The first-order valence-electron chi connectivity index (χ1n) is 6.31. The van der Waals surface area contributed by atoms with Crippen molar-refractivity contribution < 1.29 is 9.53 Å². The van der Waals surface area contributed by atoms with Gasteiger partial charge in [-0.25, -0.2) is 0 Å². The van der Waals surface area contributed by atoms with Crippen LogP contribution in [0.5, 0.6) is 0 Å². The van der Waals surface area contributed by atoms with Gasteiger partial charge < -0.3 is 15.4 Å². The zero-order valence-electron chi connectivity index (χ0n) is 10.4. The first-order chi connectivity index (χ1) is 7.78. The van der Waals surface area contributed by atoms with E-state index in [0.29, 0.717) is 18.7 Å². The van der Waals surface area contributed by atoms with Crippen molar-refractivity contribution in [2.75, 3.05) is 20.2 Å². The van der Waals surface area contributed by atoms with Crippen molar-refractivity contribution in [3.8, 4) is 0 Å². The standard InChI is InChI=1S/C12H22N2O2.ClH/c1-16-11-5-4-10(6-11)14-12(15)8-13-7-9-2-3-9;/h9-11,13H,2-8H2,1H3,(H,14,15);1H. The number of carbonyl (C=O) groups is 1. The molecule has 0 aromatic heterocycles. The summed E-state index contributed by atoms with van der Waals surface area (Å²) in [4.78, 5) is 11.6. The molecule has 5 heteroatoms. The van der Waals surface area contributed by atoms with Crippen molar-refractivity contribution in [3.63, 3.8) is 0 Å². The molecule has 0 heterocycles. The Kier molecular flexibility index (Phi) is 6.23. The van der Waals surface area contributed by atoms with E-state index in [2.05, 4.69) is 10.6 Å². The van der Waals surface area contributed by atoms with Gasteiger partial charge in [-0.15, -0.1) is 12.4 Å². The molecule has 17 heavy (non-hydrogen) atoms. The SMILES string of the molecule is COC1CCC(NC(=O)CNCC2CC2)C1.Cl. The third-order valence-corrected chi connectivity index (χ3v) is 3.50. The summed E-state index contributed by atoms with van der Waals surface area (Å²) in [7, 11) is 1.74. The Balaban J connectivity index is 0.00000144. The average Bonchev–Trinajstić information content (AvgIpc) is 2.97. The monoisotopic (exact) mass is 262 g/mol. The van der Waals surface area contributed by atoms with Gasteiger partial charge in [-0.2, -0.15) is 0 Å². The Labute approximate surface area is 109 Å². The van der Waals surface area contributed by atoms with Crippen LogP contribution in [0.3, 0.4) is 0 Å². The third-order valence-electron chi connectivity index (χ3n) is 3.50. The smallest absolute Gasteiger partial charge is 0.234 e. The molecule has 2 N–H and O–H groups in total. The highest BCUT2D eigenvalue weighted by Gasteiger charge is 2.25. The van der Waals surface area contributed by atoms with Gasteiger partial charge in [0.25, 0.3) is 0 Å². The topological polar surface area (TPSA) is 50.4 Å². The highest BCUT2D eigenvalue weighted by molar-refractivity contribution is 5.85. The van der Waals surface area contributed by atoms with Gasteiger partial charge >= 0.3 is 0 Å². The van der Waals surface area contributed by atoms with E-state index in [-0.39, 0.29) is 18.3 Å². The average molecular weight is 263 g/mol. The van der Waals surface area contributed by atoms with Gasteiger partial charge in [-0.1, -0.05) is 0 Å². The molecule has 2 unspecified atom stereocenters. The predicted molar refractivity (Wildman–Crippen MR) is 69.4 cm³/mol. The zero-order valence-corrected chi connectivity index (χ0v) is 11.2. The normalized spacial score (nSPS) is 27.6. The number of carbonyl (C=O) groups excluding carboxylic acids is 1. The summed E-state index contributed by atoms with van der Waals surface area (Å²) in [5.41, 5.74) is 0. The molecule has 2 aliphatic rings. The van der Waals surface area contributed by atoms with E-state index >= 15 is 0 Å². The van der Waals surface area contributed by atoms with Gasteiger partial charge in [-0.05, 0) is 44.6 Å². The van der Waals surface area contributed by atoms with E-state index in [1.54, 1.807) is 7.11 Å². The van der Waals surface area contributed by atoms with Crippen molar-refractivity contribution in [1.29, 1.82) is 0 Å². The molecule has 2 aliphatic carbocycles. The molecule has 2 atom stereocenters. The maximum Gasteiger partial charge on any atom is 0.234 e. The predicted octanol–water partition coefficient (Wildman–Crippen LogP) is 1.09. The van der Waals surface area contributed by atoms with Crippen molar-refractivity contribution in [2.24, 2.45) is 5.92 Å². The minimum atomic E-state index is 0. The fourth-order valence-corrected chi connectivity index (χ4v) is 2.28. The summed E-state index contributed by atoms with van der Waals surface area (Å²) in [6, 6.07) is 0.320. The lowest BCUT2D eigenvalue weighted by Crippen LogP contribution is -2.40.